The zero-order valence-corrected chi connectivity index (χ0v) is 13.1. The molecule has 2 aliphatic rings. The van der Waals surface area contributed by atoms with Crippen molar-refractivity contribution in [3.05, 3.63) is 29.3 Å². The van der Waals surface area contributed by atoms with E-state index in [1.54, 1.807) is 7.11 Å². The number of methoxy groups -OCH3 is 1. The van der Waals surface area contributed by atoms with Crippen molar-refractivity contribution in [1.82, 2.24) is 0 Å². The molecule has 122 valence electrons. The molecule has 1 aromatic carbocycles. The van der Waals surface area contributed by atoms with Gasteiger partial charge in [0.1, 0.15) is 5.75 Å². The van der Waals surface area contributed by atoms with Gasteiger partial charge in [-0.2, -0.15) is 0 Å². The van der Waals surface area contributed by atoms with Crippen LogP contribution in [0.25, 0.3) is 0 Å². The lowest BCUT2D eigenvalue weighted by atomic mass is 9.73. The zero-order chi connectivity index (χ0) is 15.7. The molecule has 1 aromatic rings. The lowest BCUT2D eigenvalue weighted by Gasteiger charge is -2.32. The molecule has 5 atom stereocenters. The van der Waals surface area contributed by atoms with E-state index in [9.17, 15) is 10.2 Å². The summed E-state index contributed by atoms with van der Waals surface area (Å²) in [5.74, 6) is 2.16. The van der Waals surface area contributed by atoms with Gasteiger partial charge in [-0.3, -0.25) is 0 Å². The second-order valence-corrected chi connectivity index (χ2v) is 6.81. The van der Waals surface area contributed by atoms with Gasteiger partial charge in [-0.1, -0.05) is 12.1 Å². The fourth-order valence-electron chi connectivity index (χ4n) is 4.47. The Labute approximate surface area is 131 Å². The number of benzene rings is 1. The smallest absolute Gasteiger partial charge is 0.122 e. The minimum absolute atomic E-state index is 0.197. The molecule has 2 aliphatic carbocycles. The summed E-state index contributed by atoms with van der Waals surface area (Å²) >= 11 is 0. The maximum absolute atomic E-state index is 10.4. The number of ether oxygens (including phenoxy) is 1. The van der Waals surface area contributed by atoms with Crippen LogP contribution in [0.5, 0.6) is 5.75 Å². The summed E-state index contributed by atoms with van der Waals surface area (Å²) in [5, 5.41) is 29.0. The Hall–Kier alpha value is -1.10. The SMILES string of the molecule is COc1cccc2c1C[C@H]1C[C@@H](O)[C@H](CCC(O)CO)[C@H]1C2. The van der Waals surface area contributed by atoms with Gasteiger partial charge in [-0.25, -0.2) is 0 Å². The fraction of sp³-hybridized carbons (Fsp3) is 0.667. The molecule has 1 unspecified atom stereocenters. The van der Waals surface area contributed by atoms with Crippen LogP contribution in [-0.2, 0) is 12.8 Å². The van der Waals surface area contributed by atoms with E-state index in [1.807, 2.05) is 12.1 Å². The van der Waals surface area contributed by atoms with Crippen LogP contribution < -0.4 is 4.74 Å². The molecule has 0 radical (unpaired) electrons. The first-order valence-corrected chi connectivity index (χ1v) is 8.25. The average Bonchev–Trinajstić information content (AvgIpc) is 2.84. The molecular formula is C18H26O4. The van der Waals surface area contributed by atoms with Crippen molar-refractivity contribution in [2.45, 2.75) is 44.3 Å². The topological polar surface area (TPSA) is 69.9 Å². The molecule has 0 amide bonds. The second-order valence-electron chi connectivity index (χ2n) is 6.81. The molecule has 0 spiro atoms. The largest absolute Gasteiger partial charge is 0.496 e. The normalized spacial score (nSPS) is 31.5. The highest BCUT2D eigenvalue weighted by atomic mass is 16.5. The first-order chi connectivity index (χ1) is 10.6. The lowest BCUT2D eigenvalue weighted by Crippen LogP contribution is -2.28. The molecule has 0 aromatic heterocycles. The third-order valence-corrected chi connectivity index (χ3v) is 5.61. The van der Waals surface area contributed by atoms with Crippen molar-refractivity contribution in [1.29, 1.82) is 0 Å². The summed E-state index contributed by atoms with van der Waals surface area (Å²) in [6, 6.07) is 6.21. The lowest BCUT2D eigenvalue weighted by molar-refractivity contribution is 0.0618. The highest BCUT2D eigenvalue weighted by Crippen LogP contribution is 2.48. The van der Waals surface area contributed by atoms with Crippen LogP contribution >= 0.6 is 0 Å². The molecular weight excluding hydrogens is 280 g/mol. The number of hydrogen-bond acceptors (Lipinski definition) is 4. The van der Waals surface area contributed by atoms with Crippen LogP contribution in [-0.4, -0.2) is 41.2 Å². The van der Waals surface area contributed by atoms with Gasteiger partial charge in [-0.15, -0.1) is 0 Å². The van der Waals surface area contributed by atoms with E-state index in [0.717, 1.165) is 31.4 Å². The van der Waals surface area contributed by atoms with Gasteiger partial charge in [0.15, 0.2) is 0 Å². The first kappa shape index (κ1) is 15.8. The summed E-state index contributed by atoms with van der Waals surface area (Å²) in [7, 11) is 1.71. The van der Waals surface area contributed by atoms with E-state index >= 15 is 0 Å². The van der Waals surface area contributed by atoms with Gasteiger partial charge in [0, 0.05) is 0 Å². The van der Waals surface area contributed by atoms with Gasteiger partial charge in [0.25, 0.3) is 0 Å². The predicted molar refractivity (Wildman–Crippen MR) is 83.8 cm³/mol. The first-order valence-electron chi connectivity index (χ1n) is 8.25. The number of aliphatic hydroxyl groups is 3. The Morgan fingerprint density at radius 2 is 2.14 bits per heavy atom. The molecule has 0 bridgehead atoms. The van der Waals surface area contributed by atoms with Crippen molar-refractivity contribution < 1.29 is 20.1 Å². The molecule has 3 rings (SSSR count). The summed E-state index contributed by atoms with van der Waals surface area (Å²) in [5.41, 5.74) is 2.64. The number of fused-ring (bicyclic) bond motifs is 2. The summed E-state index contributed by atoms with van der Waals surface area (Å²) in [6.07, 6.45) is 3.18. The van der Waals surface area contributed by atoms with E-state index in [2.05, 4.69) is 6.07 Å². The van der Waals surface area contributed by atoms with Crippen LogP contribution in [0, 0.1) is 17.8 Å². The van der Waals surface area contributed by atoms with E-state index in [0.29, 0.717) is 18.3 Å². The number of aliphatic hydroxyl groups excluding tert-OH is 3. The molecule has 4 nitrogen and oxygen atoms in total. The molecule has 3 N–H and O–H groups in total. The fourth-order valence-corrected chi connectivity index (χ4v) is 4.47. The quantitative estimate of drug-likeness (QED) is 0.772. The third-order valence-electron chi connectivity index (χ3n) is 5.61. The van der Waals surface area contributed by atoms with Gasteiger partial charge in [0.05, 0.1) is 25.9 Å². The van der Waals surface area contributed by atoms with E-state index < -0.39 is 6.10 Å². The zero-order valence-electron chi connectivity index (χ0n) is 13.1. The molecule has 1 saturated carbocycles. The molecule has 0 heterocycles. The molecule has 1 fully saturated rings. The monoisotopic (exact) mass is 306 g/mol. The van der Waals surface area contributed by atoms with Gasteiger partial charge >= 0.3 is 0 Å². The molecule has 0 aliphatic heterocycles. The Morgan fingerprint density at radius 1 is 1.32 bits per heavy atom. The number of rotatable bonds is 5. The highest BCUT2D eigenvalue weighted by molar-refractivity contribution is 5.43. The Morgan fingerprint density at radius 3 is 2.86 bits per heavy atom. The van der Waals surface area contributed by atoms with Crippen LogP contribution in [0.2, 0.25) is 0 Å². The van der Waals surface area contributed by atoms with Crippen LogP contribution in [0.15, 0.2) is 18.2 Å². The highest BCUT2D eigenvalue weighted by Gasteiger charge is 2.44. The summed E-state index contributed by atoms with van der Waals surface area (Å²) < 4.78 is 5.48. The second kappa shape index (κ2) is 6.57. The average molecular weight is 306 g/mol. The van der Waals surface area contributed by atoms with Gasteiger partial charge in [0.2, 0.25) is 0 Å². The van der Waals surface area contributed by atoms with Crippen LogP contribution in [0.3, 0.4) is 0 Å². The maximum atomic E-state index is 10.4. The van der Waals surface area contributed by atoms with Crippen molar-refractivity contribution in [3.63, 3.8) is 0 Å². The van der Waals surface area contributed by atoms with Crippen molar-refractivity contribution in [2.75, 3.05) is 13.7 Å². The maximum Gasteiger partial charge on any atom is 0.122 e. The van der Waals surface area contributed by atoms with Crippen molar-refractivity contribution in [2.24, 2.45) is 17.8 Å². The summed E-state index contributed by atoms with van der Waals surface area (Å²) in [6.45, 7) is -0.197. The Kier molecular flexibility index (Phi) is 4.71. The third kappa shape index (κ3) is 2.87. The van der Waals surface area contributed by atoms with E-state index in [4.69, 9.17) is 9.84 Å². The number of hydrogen-bond donors (Lipinski definition) is 3. The Balaban J connectivity index is 1.76. The summed E-state index contributed by atoms with van der Waals surface area (Å²) in [4.78, 5) is 0. The van der Waals surface area contributed by atoms with Gasteiger partial charge < -0.3 is 20.1 Å². The predicted octanol–water partition coefficient (Wildman–Crippen LogP) is 1.54. The van der Waals surface area contributed by atoms with E-state index in [1.165, 1.54) is 11.1 Å². The molecule has 22 heavy (non-hydrogen) atoms. The van der Waals surface area contributed by atoms with Gasteiger partial charge in [-0.05, 0) is 67.1 Å². The van der Waals surface area contributed by atoms with Crippen LogP contribution in [0.4, 0.5) is 0 Å². The van der Waals surface area contributed by atoms with Crippen LogP contribution in [0.1, 0.15) is 30.4 Å². The minimum atomic E-state index is -0.665. The van der Waals surface area contributed by atoms with E-state index in [-0.39, 0.29) is 18.6 Å². The Bertz CT molecular complexity index is 516. The molecule has 0 saturated heterocycles. The van der Waals surface area contributed by atoms with Crippen molar-refractivity contribution in [3.8, 4) is 5.75 Å². The minimum Gasteiger partial charge on any atom is -0.496 e. The molecule has 4 heteroatoms. The van der Waals surface area contributed by atoms with Crippen molar-refractivity contribution >= 4 is 0 Å². The standard InChI is InChI=1S/C18H26O4/c1-22-18-4-2-3-11-7-15-12(8-16(11)18)9-17(21)14(15)6-5-13(20)10-19/h2-4,12-15,17,19-21H,5-10H2,1H3/t12-,13?,14+,15-,17+/m0/s1.